The van der Waals surface area contributed by atoms with Crippen molar-refractivity contribution in [2.24, 2.45) is 0 Å². The fourth-order valence-electron chi connectivity index (χ4n) is 1.65. The van der Waals surface area contributed by atoms with Gasteiger partial charge in [-0.1, -0.05) is 11.3 Å². The van der Waals surface area contributed by atoms with Crippen molar-refractivity contribution >= 4 is 0 Å². The van der Waals surface area contributed by atoms with Crippen LogP contribution in [0.5, 0.6) is 0 Å². The summed E-state index contributed by atoms with van der Waals surface area (Å²) in [7, 11) is 0. The Kier molecular flexibility index (Phi) is 3.99. The van der Waals surface area contributed by atoms with Crippen molar-refractivity contribution in [1.82, 2.24) is 20.3 Å². The SMILES string of the molecule is CC(NCCn1ccnn1)c1ccc(F)c(F)c1. The van der Waals surface area contributed by atoms with Crippen molar-refractivity contribution in [2.45, 2.75) is 19.5 Å². The molecule has 18 heavy (non-hydrogen) atoms. The number of nitrogens with one attached hydrogen (secondary N) is 1. The first-order valence-corrected chi connectivity index (χ1v) is 5.69. The minimum Gasteiger partial charge on any atom is -0.308 e. The molecule has 6 heteroatoms. The van der Waals surface area contributed by atoms with Crippen LogP contribution in [-0.2, 0) is 6.54 Å². The van der Waals surface area contributed by atoms with E-state index >= 15 is 0 Å². The first kappa shape index (κ1) is 12.6. The van der Waals surface area contributed by atoms with E-state index in [1.54, 1.807) is 23.1 Å². The molecule has 1 heterocycles. The number of halogens is 2. The average Bonchev–Trinajstić information content (AvgIpc) is 2.85. The summed E-state index contributed by atoms with van der Waals surface area (Å²) in [5.41, 5.74) is 0.715. The molecule has 0 amide bonds. The molecule has 0 saturated carbocycles. The molecule has 0 radical (unpaired) electrons. The second-order valence-corrected chi connectivity index (χ2v) is 4.02. The Morgan fingerprint density at radius 1 is 1.33 bits per heavy atom. The molecule has 0 fully saturated rings. The van der Waals surface area contributed by atoms with Crippen LogP contribution in [0.4, 0.5) is 8.78 Å². The number of aromatic nitrogens is 3. The fourth-order valence-corrected chi connectivity index (χ4v) is 1.65. The standard InChI is InChI=1S/C12H14F2N4/c1-9(10-2-3-11(13)12(14)8-10)15-4-6-18-7-5-16-17-18/h2-3,5,7-9,15H,4,6H2,1H3. The minimum absolute atomic E-state index is 0.0522. The van der Waals surface area contributed by atoms with Gasteiger partial charge in [0.25, 0.3) is 0 Å². The van der Waals surface area contributed by atoms with Gasteiger partial charge < -0.3 is 5.32 Å². The van der Waals surface area contributed by atoms with Crippen molar-refractivity contribution in [3.8, 4) is 0 Å². The third kappa shape index (κ3) is 3.10. The van der Waals surface area contributed by atoms with Gasteiger partial charge in [0.1, 0.15) is 0 Å². The molecule has 96 valence electrons. The quantitative estimate of drug-likeness (QED) is 0.884. The number of nitrogens with zero attached hydrogens (tertiary/aromatic N) is 3. The van der Waals surface area contributed by atoms with Crippen molar-refractivity contribution in [1.29, 1.82) is 0 Å². The van der Waals surface area contributed by atoms with E-state index in [0.29, 0.717) is 18.7 Å². The van der Waals surface area contributed by atoms with Gasteiger partial charge in [-0.3, -0.25) is 4.68 Å². The Hall–Kier alpha value is -1.82. The first-order chi connectivity index (χ1) is 8.66. The molecular formula is C12H14F2N4. The van der Waals surface area contributed by atoms with E-state index < -0.39 is 11.6 Å². The Labute approximate surface area is 104 Å². The summed E-state index contributed by atoms with van der Waals surface area (Å²) in [5, 5.41) is 10.7. The zero-order valence-electron chi connectivity index (χ0n) is 9.98. The summed E-state index contributed by atoms with van der Waals surface area (Å²) in [6.45, 7) is 3.24. The molecule has 0 aliphatic rings. The lowest BCUT2D eigenvalue weighted by molar-refractivity contribution is 0.486. The maximum atomic E-state index is 13.1. The lowest BCUT2D eigenvalue weighted by Crippen LogP contribution is -2.23. The van der Waals surface area contributed by atoms with E-state index in [9.17, 15) is 8.78 Å². The van der Waals surface area contributed by atoms with E-state index in [-0.39, 0.29) is 6.04 Å². The average molecular weight is 252 g/mol. The Morgan fingerprint density at radius 3 is 2.83 bits per heavy atom. The van der Waals surface area contributed by atoms with Gasteiger partial charge >= 0.3 is 0 Å². The second kappa shape index (κ2) is 5.68. The van der Waals surface area contributed by atoms with Crippen LogP contribution in [-0.4, -0.2) is 21.5 Å². The number of rotatable bonds is 5. The summed E-state index contributed by atoms with van der Waals surface area (Å²) in [4.78, 5) is 0. The first-order valence-electron chi connectivity index (χ1n) is 5.69. The van der Waals surface area contributed by atoms with Crippen molar-refractivity contribution in [3.05, 3.63) is 47.8 Å². The monoisotopic (exact) mass is 252 g/mol. The van der Waals surface area contributed by atoms with E-state index in [4.69, 9.17) is 0 Å². The third-order valence-corrected chi connectivity index (χ3v) is 2.71. The normalized spacial score (nSPS) is 12.6. The Balaban J connectivity index is 1.87. The van der Waals surface area contributed by atoms with Crippen molar-refractivity contribution < 1.29 is 8.78 Å². The van der Waals surface area contributed by atoms with Gasteiger partial charge in [0, 0.05) is 18.8 Å². The molecule has 1 atom stereocenters. The molecule has 1 aromatic heterocycles. The van der Waals surface area contributed by atoms with Crippen LogP contribution in [0.15, 0.2) is 30.6 Å². The molecule has 0 bridgehead atoms. The summed E-state index contributed by atoms with van der Waals surface area (Å²) in [5.74, 6) is -1.65. The predicted molar refractivity (Wildman–Crippen MR) is 62.8 cm³/mol. The smallest absolute Gasteiger partial charge is 0.159 e. The summed E-state index contributed by atoms with van der Waals surface area (Å²) >= 11 is 0. The lowest BCUT2D eigenvalue weighted by Gasteiger charge is -2.14. The van der Waals surface area contributed by atoms with Crippen LogP contribution in [0.3, 0.4) is 0 Å². The molecule has 0 aliphatic carbocycles. The molecule has 1 N–H and O–H groups in total. The zero-order valence-corrected chi connectivity index (χ0v) is 9.98. The van der Waals surface area contributed by atoms with E-state index in [1.807, 2.05) is 6.92 Å². The summed E-state index contributed by atoms with van der Waals surface area (Å²) < 4.78 is 27.5. The van der Waals surface area contributed by atoms with Crippen LogP contribution in [0.25, 0.3) is 0 Å². The topological polar surface area (TPSA) is 42.7 Å². The van der Waals surface area contributed by atoms with Crippen molar-refractivity contribution in [3.63, 3.8) is 0 Å². The van der Waals surface area contributed by atoms with E-state index in [2.05, 4.69) is 15.6 Å². The van der Waals surface area contributed by atoms with E-state index in [0.717, 1.165) is 6.07 Å². The minimum atomic E-state index is -0.825. The van der Waals surface area contributed by atoms with Gasteiger partial charge in [-0.15, -0.1) is 5.10 Å². The maximum absolute atomic E-state index is 13.1. The molecule has 0 aliphatic heterocycles. The van der Waals surface area contributed by atoms with Crippen LogP contribution in [0, 0.1) is 11.6 Å². The van der Waals surface area contributed by atoms with E-state index in [1.165, 1.54) is 6.07 Å². The summed E-state index contributed by atoms with van der Waals surface area (Å²) in [6.07, 6.45) is 3.38. The van der Waals surface area contributed by atoms with Gasteiger partial charge in [-0.05, 0) is 24.6 Å². The molecule has 1 aromatic carbocycles. The molecule has 1 unspecified atom stereocenters. The van der Waals surface area contributed by atoms with Crippen LogP contribution < -0.4 is 5.32 Å². The van der Waals surface area contributed by atoms with Gasteiger partial charge in [0.2, 0.25) is 0 Å². The van der Waals surface area contributed by atoms with Gasteiger partial charge in [-0.2, -0.15) is 0 Å². The highest BCUT2D eigenvalue weighted by Gasteiger charge is 2.08. The molecule has 4 nitrogen and oxygen atoms in total. The van der Waals surface area contributed by atoms with Crippen LogP contribution in [0.2, 0.25) is 0 Å². The number of hydrogen-bond donors (Lipinski definition) is 1. The Morgan fingerprint density at radius 2 is 2.17 bits per heavy atom. The predicted octanol–water partition coefficient (Wildman–Crippen LogP) is 1.91. The third-order valence-electron chi connectivity index (χ3n) is 2.71. The number of benzene rings is 1. The highest BCUT2D eigenvalue weighted by atomic mass is 19.2. The molecule has 0 spiro atoms. The van der Waals surface area contributed by atoms with Crippen molar-refractivity contribution in [2.75, 3.05) is 6.54 Å². The maximum Gasteiger partial charge on any atom is 0.159 e. The van der Waals surface area contributed by atoms with Gasteiger partial charge in [0.15, 0.2) is 11.6 Å². The van der Waals surface area contributed by atoms with Crippen LogP contribution >= 0.6 is 0 Å². The molecule has 2 aromatic rings. The van der Waals surface area contributed by atoms with Crippen LogP contribution in [0.1, 0.15) is 18.5 Å². The molecular weight excluding hydrogens is 238 g/mol. The molecule has 2 rings (SSSR count). The number of hydrogen-bond acceptors (Lipinski definition) is 3. The highest BCUT2D eigenvalue weighted by molar-refractivity contribution is 5.20. The summed E-state index contributed by atoms with van der Waals surface area (Å²) in [6, 6.07) is 3.87. The fraction of sp³-hybridized carbons (Fsp3) is 0.333. The lowest BCUT2D eigenvalue weighted by atomic mass is 10.1. The highest BCUT2D eigenvalue weighted by Crippen LogP contribution is 2.15. The van der Waals surface area contributed by atoms with Gasteiger partial charge in [0.05, 0.1) is 12.7 Å². The Bertz CT molecular complexity index is 499. The molecule has 0 saturated heterocycles. The van der Waals surface area contributed by atoms with Gasteiger partial charge in [-0.25, -0.2) is 8.78 Å². The second-order valence-electron chi connectivity index (χ2n) is 4.02. The zero-order chi connectivity index (χ0) is 13.0. The largest absolute Gasteiger partial charge is 0.308 e.